The van der Waals surface area contributed by atoms with Crippen LogP contribution in [-0.4, -0.2) is 36.5 Å². The van der Waals surface area contributed by atoms with Crippen molar-refractivity contribution < 1.29 is 83.5 Å². The topological polar surface area (TPSA) is 232 Å². The molecule has 1 aliphatic rings. The Bertz CT molecular complexity index is 5890. The summed E-state index contributed by atoms with van der Waals surface area (Å²) in [6, 6.07) is 51.1. The quantitative estimate of drug-likeness (QED) is 0.0280. The number of rotatable bonds is 26. The second-order valence-corrected chi connectivity index (χ2v) is 31.4. The molecular weight excluding hydrogens is 1740 g/mol. The van der Waals surface area contributed by atoms with Gasteiger partial charge < -0.3 is 28.4 Å². The van der Waals surface area contributed by atoms with Crippen LogP contribution in [0.4, 0.5) is 60.5 Å². The molecule has 0 radical (unpaired) electrons. The van der Waals surface area contributed by atoms with E-state index in [1.807, 2.05) is 117 Å². The summed E-state index contributed by atoms with van der Waals surface area (Å²) in [5.74, 6) is 1.57. The van der Waals surface area contributed by atoms with Crippen molar-refractivity contribution in [2.24, 2.45) is 30.0 Å². The van der Waals surface area contributed by atoms with Crippen LogP contribution in [-0.2, 0) is 74.8 Å². The predicted octanol–water partition coefficient (Wildman–Crippen LogP) is 27.4. The molecule has 26 heteroatoms. The van der Waals surface area contributed by atoms with Gasteiger partial charge in [-0.2, -0.15) is 30.0 Å². The first-order chi connectivity index (χ1) is 61.8. The van der Waals surface area contributed by atoms with E-state index in [0.717, 1.165) is 102 Å². The molecule has 1 fully saturated rings. The molecule has 0 heterocycles. The monoisotopic (exact) mass is 1830 g/mol. The van der Waals surface area contributed by atoms with Crippen LogP contribution in [0.2, 0.25) is 5.02 Å². The van der Waals surface area contributed by atoms with Crippen LogP contribution in [0.1, 0.15) is 148 Å². The second kappa shape index (κ2) is 49.3. The Morgan fingerprint density at radius 2 is 0.535 bits per heavy atom. The lowest BCUT2D eigenvalue weighted by Gasteiger charge is -2.14. The van der Waals surface area contributed by atoms with Crippen molar-refractivity contribution in [3.05, 3.63) is 349 Å². The predicted molar refractivity (Wildman–Crippen MR) is 490 cm³/mol. The van der Waals surface area contributed by atoms with E-state index in [1.54, 1.807) is 145 Å². The van der Waals surface area contributed by atoms with Gasteiger partial charge in [0.1, 0.15) is 109 Å². The Balaban J connectivity index is 0.000000191. The zero-order valence-corrected chi connectivity index (χ0v) is 76.2. The van der Waals surface area contributed by atoms with Gasteiger partial charge in [-0.15, -0.1) is 0 Å². The lowest BCUT2D eigenvalue weighted by atomic mass is 10.0. The van der Waals surface area contributed by atoms with Crippen LogP contribution < -0.4 is 28.4 Å². The zero-order chi connectivity index (χ0) is 94.1. The van der Waals surface area contributed by atoms with Gasteiger partial charge in [-0.3, -0.25) is 0 Å². The number of hydrogen-bond acceptors (Lipinski definition) is 18. The van der Waals surface area contributed by atoms with Crippen LogP contribution in [0.3, 0.4) is 0 Å². The molecule has 0 unspecified atom stereocenters. The van der Waals surface area contributed by atoms with Gasteiger partial charge in [-0.25, -0.2) is 55.1 Å². The molecule has 0 N–H and O–H groups in total. The summed E-state index contributed by atoms with van der Waals surface area (Å²) in [5.41, 5.74) is 20.4. The first-order valence-corrected chi connectivity index (χ1v) is 41.7. The number of nitrogens with zero attached hydrogens (tertiary/aromatic N) is 6. The van der Waals surface area contributed by atoms with Gasteiger partial charge in [0.2, 0.25) is 36.5 Å². The van der Waals surface area contributed by atoms with Gasteiger partial charge in [0, 0.05) is 79.3 Å². The van der Waals surface area contributed by atoms with Gasteiger partial charge >= 0.3 is 0 Å². The summed E-state index contributed by atoms with van der Waals surface area (Å²) in [6.45, 7) is 28.5. The van der Waals surface area contributed by atoms with E-state index >= 15 is 0 Å². The number of halogens is 8. The molecule has 0 aromatic heterocycles. The fourth-order valence-corrected chi connectivity index (χ4v) is 14.1. The van der Waals surface area contributed by atoms with Crippen molar-refractivity contribution in [2.75, 3.05) is 0 Å². The minimum absolute atomic E-state index is 0.0868. The zero-order valence-electron chi connectivity index (χ0n) is 73.9. The summed E-state index contributed by atoms with van der Waals surface area (Å²) in [5, 5.41) is 0.428. The van der Waals surface area contributed by atoms with E-state index in [-0.39, 0.29) is 74.5 Å². The third kappa shape index (κ3) is 28.8. The lowest BCUT2D eigenvalue weighted by Crippen LogP contribution is -2.02. The second-order valence-electron chi connectivity index (χ2n) is 30.2. The molecule has 129 heavy (non-hydrogen) atoms. The molecule has 12 aromatic rings. The molecule has 13 rings (SSSR count). The van der Waals surface area contributed by atoms with Crippen LogP contribution >= 0.6 is 27.5 Å². The Kier molecular flexibility index (Phi) is 38.4. The summed E-state index contributed by atoms with van der Waals surface area (Å²) >= 11 is 9.48. The lowest BCUT2D eigenvalue weighted by molar-refractivity contribution is 0.301. The van der Waals surface area contributed by atoms with Crippen LogP contribution in [0, 0.1) is 132 Å². The minimum atomic E-state index is -0.333. The van der Waals surface area contributed by atoms with Gasteiger partial charge in [-0.05, 0) is 296 Å². The van der Waals surface area contributed by atoms with Gasteiger partial charge in [0.05, 0.1) is 34.1 Å². The molecule has 0 bridgehead atoms. The first-order valence-electron chi connectivity index (χ1n) is 40.6. The maximum atomic E-state index is 13.8. The van der Waals surface area contributed by atoms with Crippen LogP contribution in [0.5, 0.6) is 34.5 Å². The molecular formula is C103H94BrClF6N6O12. The number of hydrogen-bond donors (Lipinski definition) is 0. The maximum Gasteiger partial charge on any atom is 0.240 e. The molecule has 0 aliphatic heterocycles. The summed E-state index contributed by atoms with van der Waals surface area (Å²) in [7, 11) is 0. The highest BCUT2D eigenvalue weighted by molar-refractivity contribution is 9.10. The van der Waals surface area contributed by atoms with Crippen molar-refractivity contribution in [3.63, 3.8) is 0 Å². The highest BCUT2D eigenvalue weighted by Gasteiger charge is 2.28. The third-order valence-electron chi connectivity index (χ3n) is 20.8. The van der Waals surface area contributed by atoms with E-state index < -0.39 is 0 Å². The molecule has 18 nitrogen and oxygen atoms in total. The maximum absolute atomic E-state index is 13.8. The summed E-state index contributed by atoms with van der Waals surface area (Å²) in [6.07, 6.45) is 12.3. The molecule has 1 saturated carbocycles. The highest BCUT2D eigenvalue weighted by atomic mass is 79.9. The number of aryl methyl sites for hydroxylation is 15. The fourth-order valence-electron chi connectivity index (χ4n) is 13.4. The molecule has 0 atom stereocenters. The molecule has 0 saturated heterocycles. The number of aliphatic imine (C=N–C) groups is 6. The molecule has 664 valence electrons. The Morgan fingerprint density at radius 1 is 0.295 bits per heavy atom. The summed E-state index contributed by atoms with van der Waals surface area (Å²) < 4.78 is 117. The van der Waals surface area contributed by atoms with Crippen molar-refractivity contribution in [1.29, 1.82) is 0 Å². The first kappa shape index (κ1) is 100. The number of carbonyl (C=O) groups excluding carboxylic acids is 6. The number of ether oxygens (including phenoxy) is 6. The molecule has 0 spiro atoms. The van der Waals surface area contributed by atoms with E-state index in [1.165, 1.54) is 60.7 Å². The Labute approximate surface area is 759 Å². The molecule has 1 aliphatic carbocycles. The molecule has 12 aromatic carbocycles. The van der Waals surface area contributed by atoms with Gasteiger partial charge in [0.25, 0.3) is 0 Å². The average Bonchev–Trinajstić information content (AvgIpc) is 1.66. The fraction of sp³-hybridized carbons (Fsp3) is 0.243. The van der Waals surface area contributed by atoms with Crippen molar-refractivity contribution in [2.45, 2.75) is 169 Å². The minimum Gasteiger partial charge on any atom is -0.488 e. The van der Waals surface area contributed by atoms with Crippen LogP contribution in [0.15, 0.2) is 216 Å². The molecule has 0 amide bonds. The Hall–Kier alpha value is -13.9. The van der Waals surface area contributed by atoms with Crippen molar-refractivity contribution >= 4 is 98.1 Å². The normalized spacial score (nSPS) is 10.7. The van der Waals surface area contributed by atoms with E-state index in [0.29, 0.717) is 124 Å². The highest BCUT2D eigenvalue weighted by Crippen LogP contribution is 2.45. The average molecular weight is 1840 g/mol. The number of isocyanates is 6. The standard InChI is InChI=1S/C19H18FNO2.C18H18FNO2.2C17H16FNO2.C16H13BrFNO2.C16H13ClFNO2/c1-12-8-13(2)19(9-17(12)20)23-10-16-15(14-6-7-14)4-3-5-18(16)21-11-22;1-4-14-6-5-7-17(20-11-21)15(14)10-22-18-9-16(19)12(2)8-13(18)3;2*1-11-5-4-6-16(19-10-20)14(11)9-21-17-8-15(18)12(2)7-13(17)3;2*1-10-6-11(2)16(7-14(10)18)21-8-12-13(17)4-3-5-15(12)19-9-20/h3-5,8-9,14H,6-7,10H2,1-2H3;5-9H,4,10H2,1-3H3;2*4-8H,9H2,1-3H3;2*3-7H,8H2,1-2H3. The van der Waals surface area contributed by atoms with E-state index in [9.17, 15) is 55.1 Å². The largest absolute Gasteiger partial charge is 0.488 e. The SMILES string of the molecule is CCc1cccc(N=C=O)c1COc1cc(F)c(C)cc1C.Cc1cc(C)c(OCc2c(Br)cccc2N=C=O)cc1F.Cc1cc(C)c(OCc2c(C)cccc2N=C=O)cc1F.Cc1cc(C)c(OCc2c(C)cccc2N=C=O)cc1F.Cc1cc(C)c(OCc2c(Cl)cccc2N=C=O)cc1F.Cc1cc(C)c(OCc2c(N=C=O)cccc2C2CC2)cc1F. The van der Waals surface area contributed by atoms with E-state index in [2.05, 4.69) is 45.9 Å². The summed E-state index contributed by atoms with van der Waals surface area (Å²) in [4.78, 5) is 85.1. The van der Waals surface area contributed by atoms with Gasteiger partial charge in [-0.1, -0.05) is 95.1 Å². The van der Waals surface area contributed by atoms with Crippen molar-refractivity contribution in [3.8, 4) is 34.5 Å². The van der Waals surface area contributed by atoms with E-state index in [4.69, 9.17) is 40.0 Å². The smallest absolute Gasteiger partial charge is 0.240 e. The van der Waals surface area contributed by atoms with Crippen molar-refractivity contribution in [1.82, 2.24) is 0 Å². The Morgan fingerprint density at radius 3 is 0.845 bits per heavy atom. The van der Waals surface area contributed by atoms with Gasteiger partial charge in [0.15, 0.2) is 0 Å². The van der Waals surface area contributed by atoms with Crippen LogP contribution in [0.25, 0.3) is 0 Å². The number of benzene rings is 12. The third-order valence-corrected chi connectivity index (χ3v) is 21.9.